The average Bonchev–Trinajstić information content (AvgIpc) is 3.18. The zero-order chi connectivity index (χ0) is 21.4. The summed E-state index contributed by atoms with van der Waals surface area (Å²) in [5.74, 6) is 0. The van der Waals surface area contributed by atoms with E-state index >= 15 is 0 Å². The molecule has 0 spiro atoms. The smallest absolute Gasteiger partial charge is 0.264 e. The van der Waals surface area contributed by atoms with Crippen LogP contribution in [0.4, 0.5) is 11.4 Å². The third kappa shape index (κ3) is 3.84. The van der Waals surface area contributed by atoms with Crippen LogP contribution in [0.15, 0.2) is 81.2 Å². The number of anilines is 2. The maximum absolute atomic E-state index is 12.7. The first-order valence-corrected chi connectivity index (χ1v) is 11.7. The topological polar surface area (TPSA) is 131 Å². The molecule has 0 amide bonds. The molecule has 1 heterocycles. The van der Waals surface area contributed by atoms with Crippen molar-refractivity contribution in [1.29, 1.82) is 0 Å². The van der Waals surface area contributed by atoms with Gasteiger partial charge in [-0.25, -0.2) is 21.5 Å². The first kappa shape index (κ1) is 19.9. The lowest BCUT2D eigenvalue weighted by Crippen LogP contribution is -2.15. The van der Waals surface area contributed by atoms with Crippen LogP contribution in [-0.4, -0.2) is 27.1 Å². The summed E-state index contributed by atoms with van der Waals surface area (Å²) in [6, 6.07) is 16.8. The molecule has 0 radical (unpaired) electrons. The van der Waals surface area contributed by atoms with Crippen LogP contribution in [0.1, 0.15) is 5.56 Å². The second kappa shape index (κ2) is 7.43. The van der Waals surface area contributed by atoms with Gasteiger partial charge in [0.15, 0.2) is 5.52 Å². The molecule has 30 heavy (non-hydrogen) atoms. The fraction of sp³-hybridized carbons (Fsp3) is 0.0526. The molecule has 4 aromatic rings. The standard InChI is InChI=1S/C19H16N4O5S2/c1-13-5-2-3-6-16(13)23-29(24,25)15-11-9-14(10-12-15)22-30(26,27)18-8-4-7-17-19(18)21-28-20-17/h2-12,22-23H,1H3. The summed E-state index contributed by atoms with van der Waals surface area (Å²) in [5.41, 5.74) is 1.85. The molecule has 2 N–H and O–H groups in total. The molecule has 1 aromatic heterocycles. The fourth-order valence-electron chi connectivity index (χ4n) is 2.80. The first-order chi connectivity index (χ1) is 14.3. The molecule has 0 saturated carbocycles. The van der Waals surface area contributed by atoms with Gasteiger partial charge in [-0.15, -0.1) is 0 Å². The van der Waals surface area contributed by atoms with Crippen LogP contribution >= 0.6 is 0 Å². The van der Waals surface area contributed by atoms with E-state index in [0.717, 1.165) is 5.56 Å². The molecule has 0 saturated heterocycles. The van der Waals surface area contributed by atoms with Crippen molar-refractivity contribution in [2.45, 2.75) is 16.7 Å². The zero-order valence-corrected chi connectivity index (χ0v) is 17.2. The quantitative estimate of drug-likeness (QED) is 0.467. The number of fused-ring (bicyclic) bond motifs is 1. The molecule has 0 aliphatic heterocycles. The summed E-state index contributed by atoms with van der Waals surface area (Å²) < 4.78 is 60.2. The Morgan fingerprint density at radius 3 is 2.23 bits per heavy atom. The van der Waals surface area contributed by atoms with Crippen molar-refractivity contribution >= 4 is 42.5 Å². The largest absolute Gasteiger partial charge is 0.280 e. The molecule has 3 aromatic carbocycles. The number of nitrogens with one attached hydrogen (secondary N) is 2. The van der Waals surface area contributed by atoms with Gasteiger partial charge in [0.1, 0.15) is 10.4 Å². The minimum Gasteiger partial charge on any atom is -0.280 e. The Morgan fingerprint density at radius 2 is 1.50 bits per heavy atom. The SMILES string of the molecule is Cc1ccccc1NS(=O)(=O)c1ccc(NS(=O)(=O)c2cccc3nonc23)cc1. The predicted octanol–water partition coefficient (Wildman–Crippen LogP) is 3.13. The summed E-state index contributed by atoms with van der Waals surface area (Å²) in [6.07, 6.45) is 0. The zero-order valence-electron chi connectivity index (χ0n) is 15.6. The van der Waals surface area contributed by atoms with Gasteiger partial charge in [0.25, 0.3) is 20.0 Å². The Kier molecular flexibility index (Phi) is 4.92. The van der Waals surface area contributed by atoms with E-state index in [4.69, 9.17) is 0 Å². The highest BCUT2D eigenvalue weighted by atomic mass is 32.2. The van der Waals surface area contributed by atoms with Gasteiger partial charge >= 0.3 is 0 Å². The Balaban J connectivity index is 1.58. The summed E-state index contributed by atoms with van der Waals surface area (Å²) in [5, 5.41) is 7.25. The molecular weight excluding hydrogens is 428 g/mol. The number of para-hydroxylation sites is 1. The Labute approximate surface area is 172 Å². The number of aryl methyl sites for hydroxylation is 1. The monoisotopic (exact) mass is 444 g/mol. The Hall–Kier alpha value is -3.44. The van der Waals surface area contributed by atoms with Crippen molar-refractivity contribution in [2.75, 3.05) is 9.44 Å². The number of hydrogen-bond acceptors (Lipinski definition) is 7. The van der Waals surface area contributed by atoms with Gasteiger partial charge in [0.05, 0.1) is 10.6 Å². The van der Waals surface area contributed by atoms with Crippen molar-refractivity contribution in [3.05, 3.63) is 72.3 Å². The van der Waals surface area contributed by atoms with Crippen LogP contribution in [0, 0.1) is 6.92 Å². The van der Waals surface area contributed by atoms with Gasteiger partial charge in [-0.2, -0.15) is 0 Å². The predicted molar refractivity (Wildman–Crippen MR) is 111 cm³/mol. The highest BCUT2D eigenvalue weighted by Crippen LogP contribution is 2.24. The molecular formula is C19H16N4O5S2. The number of nitrogens with zero attached hydrogens (tertiary/aromatic N) is 2. The first-order valence-electron chi connectivity index (χ1n) is 8.69. The molecule has 4 rings (SSSR count). The molecule has 0 aliphatic rings. The number of benzene rings is 3. The normalized spacial score (nSPS) is 12.0. The van der Waals surface area contributed by atoms with Crippen LogP contribution in [0.2, 0.25) is 0 Å². The van der Waals surface area contributed by atoms with E-state index in [1.54, 1.807) is 31.2 Å². The van der Waals surface area contributed by atoms with E-state index in [1.807, 2.05) is 6.07 Å². The van der Waals surface area contributed by atoms with Gasteiger partial charge in [-0.05, 0) is 65.3 Å². The lowest BCUT2D eigenvalue weighted by atomic mass is 10.2. The van der Waals surface area contributed by atoms with Crippen LogP contribution < -0.4 is 9.44 Å². The van der Waals surface area contributed by atoms with E-state index in [0.29, 0.717) is 11.2 Å². The third-order valence-electron chi connectivity index (χ3n) is 4.34. The van der Waals surface area contributed by atoms with Crippen molar-refractivity contribution in [3.63, 3.8) is 0 Å². The molecule has 0 atom stereocenters. The molecule has 9 nitrogen and oxygen atoms in total. The molecule has 154 valence electrons. The highest BCUT2D eigenvalue weighted by molar-refractivity contribution is 7.93. The number of rotatable bonds is 6. The van der Waals surface area contributed by atoms with E-state index < -0.39 is 20.0 Å². The van der Waals surface area contributed by atoms with Crippen molar-refractivity contribution in [2.24, 2.45) is 0 Å². The van der Waals surface area contributed by atoms with E-state index in [-0.39, 0.29) is 21.0 Å². The minimum absolute atomic E-state index is 0.00324. The van der Waals surface area contributed by atoms with Crippen molar-refractivity contribution in [1.82, 2.24) is 10.3 Å². The van der Waals surface area contributed by atoms with Crippen LogP contribution in [0.5, 0.6) is 0 Å². The number of sulfonamides is 2. The molecule has 0 fully saturated rings. The molecule has 0 unspecified atom stereocenters. The van der Waals surface area contributed by atoms with Crippen LogP contribution in [0.3, 0.4) is 0 Å². The maximum Gasteiger partial charge on any atom is 0.264 e. The van der Waals surface area contributed by atoms with Crippen LogP contribution in [-0.2, 0) is 20.0 Å². The second-order valence-corrected chi connectivity index (χ2v) is 9.77. The molecule has 0 bridgehead atoms. The van der Waals surface area contributed by atoms with E-state index in [2.05, 4.69) is 24.4 Å². The van der Waals surface area contributed by atoms with Gasteiger partial charge in [-0.1, -0.05) is 24.3 Å². The van der Waals surface area contributed by atoms with Gasteiger partial charge in [-0.3, -0.25) is 9.44 Å². The number of hydrogen-bond donors (Lipinski definition) is 2. The lowest BCUT2D eigenvalue weighted by Gasteiger charge is -2.12. The van der Waals surface area contributed by atoms with Crippen LogP contribution in [0.25, 0.3) is 11.0 Å². The third-order valence-corrected chi connectivity index (χ3v) is 7.14. The highest BCUT2D eigenvalue weighted by Gasteiger charge is 2.21. The van der Waals surface area contributed by atoms with Gasteiger partial charge in [0.2, 0.25) is 0 Å². The average molecular weight is 444 g/mol. The maximum atomic E-state index is 12.7. The Bertz CT molecular complexity index is 1430. The van der Waals surface area contributed by atoms with E-state index in [9.17, 15) is 16.8 Å². The summed E-state index contributed by atoms with van der Waals surface area (Å²) in [4.78, 5) is -0.101. The van der Waals surface area contributed by atoms with Crippen molar-refractivity contribution in [3.8, 4) is 0 Å². The van der Waals surface area contributed by atoms with Gasteiger partial charge < -0.3 is 0 Å². The summed E-state index contributed by atoms with van der Waals surface area (Å²) in [6.45, 7) is 1.79. The second-order valence-electron chi connectivity index (χ2n) is 6.44. The lowest BCUT2D eigenvalue weighted by molar-refractivity contribution is 0.315. The van der Waals surface area contributed by atoms with Crippen molar-refractivity contribution < 1.29 is 21.5 Å². The molecule has 0 aliphatic carbocycles. The summed E-state index contributed by atoms with van der Waals surface area (Å²) >= 11 is 0. The molecule has 11 heteroatoms. The van der Waals surface area contributed by atoms with E-state index in [1.165, 1.54) is 36.4 Å². The Morgan fingerprint density at radius 1 is 0.767 bits per heavy atom. The fourth-order valence-corrected chi connectivity index (χ4v) is 5.14. The number of aromatic nitrogens is 2. The summed E-state index contributed by atoms with van der Waals surface area (Å²) in [7, 11) is -7.82. The van der Waals surface area contributed by atoms with Gasteiger partial charge in [0, 0.05) is 5.69 Å². The minimum atomic E-state index is -3.99.